The molecule has 18 heavy (non-hydrogen) atoms. The van der Waals surface area contributed by atoms with Crippen LogP contribution in [0.3, 0.4) is 0 Å². The standard InChI is InChI=1S/C13H16N2O2S/c1-15-9-10(8-14-15)12-7-11(18)3-4-13(12)17-6-5-16-2/h3-4,7-9,18H,5-6H2,1-2H3. The minimum atomic E-state index is 0.523. The van der Waals surface area contributed by atoms with E-state index >= 15 is 0 Å². The van der Waals surface area contributed by atoms with E-state index in [-0.39, 0.29) is 0 Å². The highest BCUT2D eigenvalue weighted by atomic mass is 32.1. The van der Waals surface area contributed by atoms with Crippen LogP contribution in [0.5, 0.6) is 5.75 Å². The summed E-state index contributed by atoms with van der Waals surface area (Å²) < 4.78 is 12.4. The van der Waals surface area contributed by atoms with Gasteiger partial charge in [0, 0.05) is 36.4 Å². The molecule has 0 spiro atoms. The number of aromatic nitrogens is 2. The highest BCUT2D eigenvalue weighted by Gasteiger charge is 2.08. The maximum absolute atomic E-state index is 5.70. The zero-order valence-electron chi connectivity index (χ0n) is 10.5. The van der Waals surface area contributed by atoms with Crippen LogP contribution < -0.4 is 4.74 Å². The zero-order valence-corrected chi connectivity index (χ0v) is 11.4. The zero-order chi connectivity index (χ0) is 13.0. The summed E-state index contributed by atoms with van der Waals surface area (Å²) in [4.78, 5) is 0.896. The number of aryl methyl sites for hydroxylation is 1. The van der Waals surface area contributed by atoms with Crippen LogP contribution in [0.2, 0.25) is 0 Å². The first-order valence-corrected chi connectivity index (χ1v) is 6.09. The fraction of sp³-hybridized carbons (Fsp3) is 0.308. The van der Waals surface area contributed by atoms with Gasteiger partial charge < -0.3 is 9.47 Å². The van der Waals surface area contributed by atoms with Crippen molar-refractivity contribution in [1.29, 1.82) is 0 Å². The number of ether oxygens (including phenoxy) is 2. The number of benzene rings is 1. The van der Waals surface area contributed by atoms with Crippen LogP contribution in [0.15, 0.2) is 35.5 Å². The van der Waals surface area contributed by atoms with Crippen LogP contribution in [-0.4, -0.2) is 30.1 Å². The summed E-state index contributed by atoms with van der Waals surface area (Å²) in [6.45, 7) is 1.09. The van der Waals surface area contributed by atoms with E-state index < -0.39 is 0 Å². The molecule has 0 bridgehead atoms. The summed E-state index contributed by atoms with van der Waals surface area (Å²) in [5.74, 6) is 0.817. The number of hydrogen-bond acceptors (Lipinski definition) is 4. The molecule has 0 aliphatic rings. The van der Waals surface area contributed by atoms with Crippen LogP contribution in [0.1, 0.15) is 0 Å². The first-order valence-electron chi connectivity index (χ1n) is 5.64. The Hall–Kier alpha value is -1.46. The molecule has 0 saturated heterocycles. The number of hydrogen-bond donors (Lipinski definition) is 1. The smallest absolute Gasteiger partial charge is 0.127 e. The monoisotopic (exact) mass is 264 g/mol. The molecule has 96 valence electrons. The van der Waals surface area contributed by atoms with Crippen LogP contribution in [0.25, 0.3) is 11.1 Å². The maximum Gasteiger partial charge on any atom is 0.127 e. The van der Waals surface area contributed by atoms with Crippen molar-refractivity contribution in [2.75, 3.05) is 20.3 Å². The normalized spacial score (nSPS) is 10.6. The van der Waals surface area contributed by atoms with Crippen molar-refractivity contribution < 1.29 is 9.47 Å². The van der Waals surface area contributed by atoms with Crippen molar-refractivity contribution in [3.05, 3.63) is 30.6 Å². The van der Waals surface area contributed by atoms with Gasteiger partial charge in [0.1, 0.15) is 12.4 Å². The molecule has 0 N–H and O–H groups in total. The van der Waals surface area contributed by atoms with Crippen LogP contribution in [-0.2, 0) is 11.8 Å². The lowest BCUT2D eigenvalue weighted by Gasteiger charge is -2.10. The number of nitrogens with zero attached hydrogens (tertiary/aromatic N) is 2. The van der Waals surface area contributed by atoms with Crippen molar-refractivity contribution in [2.24, 2.45) is 7.05 Å². The summed E-state index contributed by atoms with van der Waals surface area (Å²) >= 11 is 4.36. The quantitative estimate of drug-likeness (QED) is 0.665. The van der Waals surface area contributed by atoms with E-state index in [9.17, 15) is 0 Å². The molecule has 4 nitrogen and oxygen atoms in total. The van der Waals surface area contributed by atoms with Crippen LogP contribution in [0, 0.1) is 0 Å². The maximum atomic E-state index is 5.70. The Morgan fingerprint density at radius 3 is 2.83 bits per heavy atom. The lowest BCUT2D eigenvalue weighted by Crippen LogP contribution is -2.05. The fourth-order valence-corrected chi connectivity index (χ4v) is 1.87. The molecule has 2 aromatic rings. The minimum absolute atomic E-state index is 0.523. The van der Waals surface area contributed by atoms with Crippen molar-refractivity contribution in [1.82, 2.24) is 9.78 Å². The third-order valence-corrected chi connectivity index (χ3v) is 2.80. The van der Waals surface area contributed by atoms with E-state index in [4.69, 9.17) is 9.47 Å². The first kappa shape index (κ1) is 13.0. The highest BCUT2D eigenvalue weighted by Crippen LogP contribution is 2.31. The van der Waals surface area contributed by atoms with E-state index in [1.54, 1.807) is 11.8 Å². The SMILES string of the molecule is COCCOc1ccc(S)cc1-c1cnn(C)c1. The molecule has 1 aromatic heterocycles. The van der Waals surface area contributed by atoms with Crippen molar-refractivity contribution in [3.63, 3.8) is 0 Å². The summed E-state index contributed by atoms with van der Waals surface area (Å²) in [5.41, 5.74) is 2.01. The van der Waals surface area contributed by atoms with Gasteiger partial charge in [-0.15, -0.1) is 12.6 Å². The summed E-state index contributed by atoms with van der Waals surface area (Å²) in [7, 11) is 3.54. The highest BCUT2D eigenvalue weighted by molar-refractivity contribution is 7.80. The second kappa shape index (κ2) is 5.93. The average Bonchev–Trinajstić information content (AvgIpc) is 2.78. The van der Waals surface area contributed by atoms with Crippen molar-refractivity contribution >= 4 is 12.6 Å². The van der Waals surface area contributed by atoms with E-state index in [1.165, 1.54) is 0 Å². The Bertz CT molecular complexity index is 525. The van der Waals surface area contributed by atoms with E-state index in [0.29, 0.717) is 13.2 Å². The second-order valence-electron chi connectivity index (χ2n) is 3.92. The van der Waals surface area contributed by atoms with Gasteiger partial charge in [-0.05, 0) is 18.2 Å². The fourth-order valence-electron chi connectivity index (χ4n) is 1.66. The Morgan fingerprint density at radius 1 is 1.33 bits per heavy atom. The summed E-state index contributed by atoms with van der Waals surface area (Å²) in [5, 5.41) is 4.17. The molecule has 0 aliphatic heterocycles. The van der Waals surface area contributed by atoms with Crippen LogP contribution >= 0.6 is 12.6 Å². The predicted octanol–water partition coefficient (Wildman–Crippen LogP) is 2.40. The molecular weight excluding hydrogens is 248 g/mol. The van der Waals surface area contributed by atoms with Gasteiger partial charge in [-0.2, -0.15) is 5.10 Å². The van der Waals surface area contributed by atoms with Gasteiger partial charge in [0.15, 0.2) is 0 Å². The molecule has 0 fully saturated rings. The van der Waals surface area contributed by atoms with Gasteiger partial charge in [0.25, 0.3) is 0 Å². The van der Waals surface area contributed by atoms with Gasteiger partial charge in [0.05, 0.1) is 12.8 Å². The Labute approximate surface area is 112 Å². The lowest BCUT2D eigenvalue weighted by atomic mass is 10.1. The molecule has 5 heteroatoms. The van der Waals surface area contributed by atoms with Gasteiger partial charge in [-0.1, -0.05) is 0 Å². The predicted molar refractivity (Wildman–Crippen MR) is 73.3 cm³/mol. The molecule has 0 unspecified atom stereocenters. The largest absolute Gasteiger partial charge is 0.491 e. The van der Waals surface area contributed by atoms with E-state index in [0.717, 1.165) is 21.8 Å². The molecule has 0 radical (unpaired) electrons. The minimum Gasteiger partial charge on any atom is -0.491 e. The van der Waals surface area contributed by atoms with E-state index in [2.05, 4.69) is 17.7 Å². The average molecular weight is 264 g/mol. The summed E-state index contributed by atoms with van der Waals surface area (Å²) in [6.07, 6.45) is 3.76. The molecule has 0 atom stereocenters. The van der Waals surface area contributed by atoms with E-state index in [1.807, 2.05) is 37.6 Å². The first-order chi connectivity index (χ1) is 8.70. The van der Waals surface area contributed by atoms with Crippen molar-refractivity contribution in [2.45, 2.75) is 4.90 Å². The second-order valence-corrected chi connectivity index (χ2v) is 4.44. The molecular formula is C13H16N2O2S. The molecule has 0 aliphatic carbocycles. The molecule has 0 amide bonds. The van der Waals surface area contributed by atoms with Crippen molar-refractivity contribution in [3.8, 4) is 16.9 Å². The molecule has 1 heterocycles. The Kier molecular flexibility index (Phi) is 4.28. The van der Waals surface area contributed by atoms with Gasteiger partial charge >= 0.3 is 0 Å². The van der Waals surface area contributed by atoms with Gasteiger partial charge in [-0.3, -0.25) is 4.68 Å². The molecule has 1 aromatic carbocycles. The Balaban J connectivity index is 2.29. The topological polar surface area (TPSA) is 36.3 Å². The van der Waals surface area contributed by atoms with Crippen LogP contribution in [0.4, 0.5) is 0 Å². The summed E-state index contributed by atoms with van der Waals surface area (Å²) in [6, 6.07) is 5.80. The third-order valence-electron chi connectivity index (χ3n) is 2.52. The lowest BCUT2D eigenvalue weighted by molar-refractivity contribution is 0.146. The Morgan fingerprint density at radius 2 is 2.17 bits per heavy atom. The number of methoxy groups -OCH3 is 1. The third kappa shape index (κ3) is 3.05. The molecule has 0 saturated carbocycles. The van der Waals surface area contributed by atoms with Gasteiger partial charge in [-0.25, -0.2) is 0 Å². The number of thiol groups is 1. The number of rotatable bonds is 5. The van der Waals surface area contributed by atoms with Gasteiger partial charge in [0.2, 0.25) is 0 Å². The molecule has 2 rings (SSSR count).